The van der Waals surface area contributed by atoms with Crippen LogP contribution >= 0.6 is 23.2 Å². The van der Waals surface area contributed by atoms with Gasteiger partial charge in [-0.05, 0) is 25.1 Å². The number of rotatable bonds is 3. The second-order valence-electron chi connectivity index (χ2n) is 3.30. The SMILES string of the molecule is CNC(Cc1cccc(Cl)c1Cl)C(F)(F)F. The van der Waals surface area contributed by atoms with E-state index in [0.717, 1.165) is 0 Å². The van der Waals surface area contributed by atoms with Crippen molar-refractivity contribution in [1.82, 2.24) is 5.32 Å². The van der Waals surface area contributed by atoms with Crippen molar-refractivity contribution in [3.8, 4) is 0 Å². The van der Waals surface area contributed by atoms with Gasteiger partial charge in [-0.3, -0.25) is 0 Å². The van der Waals surface area contributed by atoms with Gasteiger partial charge in [0.2, 0.25) is 0 Å². The van der Waals surface area contributed by atoms with Gasteiger partial charge in [0.05, 0.1) is 10.0 Å². The van der Waals surface area contributed by atoms with Gasteiger partial charge < -0.3 is 5.32 Å². The van der Waals surface area contributed by atoms with E-state index in [4.69, 9.17) is 23.2 Å². The molecule has 16 heavy (non-hydrogen) atoms. The molecular formula is C10H10Cl2F3N. The average Bonchev–Trinajstić information content (AvgIpc) is 2.18. The van der Waals surface area contributed by atoms with Crippen molar-refractivity contribution in [2.24, 2.45) is 0 Å². The molecule has 1 rings (SSSR count). The number of hydrogen-bond donors (Lipinski definition) is 1. The Bertz CT molecular complexity index is 366. The third-order valence-electron chi connectivity index (χ3n) is 2.20. The number of alkyl halides is 3. The summed E-state index contributed by atoms with van der Waals surface area (Å²) in [6, 6.07) is 3.02. The van der Waals surface area contributed by atoms with E-state index in [-0.39, 0.29) is 16.5 Å². The first-order chi connectivity index (χ1) is 7.36. The monoisotopic (exact) mass is 271 g/mol. The van der Waals surface area contributed by atoms with Crippen LogP contribution in [0.5, 0.6) is 0 Å². The van der Waals surface area contributed by atoms with E-state index in [9.17, 15) is 13.2 Å². The topological polar surface area (TPSA) is 12.0 Å². The van der Waals surface area contributed by atoms with Gasteiger partial charge in [0.25, 0.3) is 0 Å². The molecule has 0 aliphatic heterocycles. The molecule has 0 heterocycles. The van der Waals surface area contributed by atoms with E-state index in [0.29, 0.717) is 5.56 Å². The van der Waals surface area contributed by atoms with E-state index < -0.39 is 12.2 Å². The van der Waals surface area contributed by atoms with E-state index in [1.165, 1.54) is 19.2 Å². The minimum absolute atomic E-state index is 0.175. The van der Waals surface area contributed by atoms with Gasteiger partial charge >= 0.3 is 6.18 Å². The van der Waals surface area contributed by atoms with Crippen LogP contribution in [0.4, 0.5) is 13.2 Å². The number of likely N-dealkylation sites (N-methyl/N-ethyl adjacent to an activating group) is 1. The average molecular weight is 272 g/mol. The van der Waals surface area contributed by atoms with E-state index >= 15 is 0 Å². The summed E-state index contributed by atoms with van der Waals surface area (Å²) in [5.41, 5.74) is 0.380. The van der Waals surface area contributed by atoms with Gasteiger partial charge in [-0.2, -0.15) is 13.2 Å². The summed E-state index contributed by atoms with van der Waals surface area (Å²) in [5, 5.41) is 2.65. The van der Waals surface area contributed by atoms with Crippen molar-refractivity contribution in [2.45, 2.75) is 18.6 Å². The Kier molecular flexibility index (Phi) is 4.47. The Morgan fingerprint density at radius 3 is 2.44 bits per heavy atom. The smallest absolute Gasteiger partial charge is 0.309 e. The molecule has 1 aromatic carbocycles. The molecule has 0 radical (unpaired) electrons. The molecule has 0 saturated carbocycles. The maximum Gasteiger partial charge on any atom is 0.404 e. The van der Waals surface area contributed by atoms with Crippen LogP contribution in [0.2, 0.25) is 10.0 Å². The van der Waals surface area contributed by atoms with Gasteiger partial charge in [-0.25, -0.2) is 0 Å². The molecule has 6 heteroatoms. The molecule has 0 amide bonds. The number of hydrogen-bond acceptors (Lipinski definition) is 1. The summed E-state index contributed by atoms with van der Waals surface area (Å²) in [6.07, 6.45) is -4.54. The van der Waals surface area contributed by atoms with E-state index in [2.05, 4.69) is 5.32 Å². The van der Waals surface area contributed by atoms with Crippen molar-refractivity contribution in [2.75, 3.05) is 7.05 Å². The van der Waals surface area contributed by atoms with Crippen LogP contribution in [-0.2, 0) is 6.42 Å². The third kappa shape index (κ3) is 3.27. The molecule has 1 aromatic rings. The van der Waals surface area contributed by atoms with Crippen molar-refractivity contribution in [3.63, 3.8) is 0 Å². The Balaban J connectivity index is 2.91. The van der Waals surface area contributed by atoms with Crippen molar-refractivity contribution in [1.29, 1.82) is 0 Å². The van der Waals surface area contributed by atoms with E-state index in [1.807, 2.05) is 0 Å². The second kappa shape index (κ2) is 5.25. The maximum absolute atomic E-state index is 12.5. The number of halogens is 5. The van der Waals surface area contributed by atoms with Crippen molar-refractivity contribution < 1.29 is 13.2 Å². The highest BCUT2D eigenvalue weighted by molar-refractivity contribution is 6.42. The Hall–Kier alpha value is -0.450. The first-order valence-electron chi connectivity index (χ1n) is 4.53. The molecule has 1 N–H and O–H groups in total. The first-order valence-corrected chi connectivity index (χ1v) is 5.28. The highest BCUT2D eigenvalue weighted by atomic mass is 35.5. The summed E-state index contributed by atoms with van der Waals surface area (Å²) in [5.74, 6) is 0. The first kappa shape index (κ1) is 13.6. The molecule has 1 unspecified atom stereocenters. The molecule has 0 aliphatic carbocycles. The highest BCUT2D eigenvalue weighted by Gasteiger charge is 2.38. The highest BCUT2D eigenvalue weighted by Crippen LogP contribution is 2.29. The Morgan fingerprint density at radius 1 is 1.31 bits per heavy atom. The van der Waals surface area contributed by atoms with Crippen LogP contribution < -0.4 is 5.32 Å². The van der Waals surface area contributed by atoms with Crippen LogP contribution in [-0.4, -0.2) is 19.3 Å². The van der Waals surface area contributed by atoms with Crippen LogP contribution in [0.25, 0.3) is 0 Å². The van der Waals surface area contributed by atoms with Gasteiger partial charge in [0.1, 0.15) is 6.04 Å². The fourth-order valence-electron chi connectivity index (χ4n) is 1.31. The zero-order chi connectivity index (χ0) is 12.3. The van der Waals surface area contributed by atoms with Crippen LogP contribution in [0.3, 0.4) is 0 Å². The summed E-state index contributed by atoms with van der Waals surface area (Å²) >= 11 is 11.5. The molecule has 0 bridgehead atoms. The summed E-state index contributed by atoms with van der Waals surface area (Å²) in [7, 11) is 1.26. The van der Waals surface area contributed by atoms with Gasteiger partial charge in [0, 0.05) is 0 Å². The molecule has 0 aromatic heterocycles. The van der Waals surface area contributed by atoms with Crippen LogP contribution in [0.15, 0.2) is 18.2 Å². The summed E-state index contributed by atoms with van der Waals surface area (Å²) < 4.78 is 37.5. The molecule has 1 nitrogen and oxygen atoms in total. The predicted octanol–water partition coefficient (Wildman–Crippen LogP) is 3.69. The van der Waals surface area contributed by atoms with Crippen molar-refractivity contribution in [3.05, 3.63) is 33.8 Å². The van der Waals surface area contributed by atoms with E-state index in [1.54, 1.807) is 6.07 Å². The van der Waals surface area contributed by atoms with Crippen molar-refractivity contribution >= 4 is 23.2 Å². The summed E-state index contributed by atoms with van der Waals surface area (Å²) in [4.78, 5) is 0. The number of benzene rings is 1. The molecule has 0 fully saturated rings. The Labute approximate surface area is 102 Å². The van der Waals surface area contributed by atoms with Gasteiger partial charge in [0.15, 0.2) is 0 Å². The van der Waals surface area contributed by atoms with Gasteiger partial charge in [-0.1, -0.05) is 35.3 Å². The fraction of sp³-hybridized carbons (Fsp3) is 0.400. The molecule has 90 valence electrons. The van der Waals surface area contributed by atoms with Crippen LogP contribution in [0.1, 0.15) is 5.56 Å². The lowest BCUT2D eigenvalue weighted by molar-refractivity contribution is -0.154. The predicted molar refractivity (Wildman–Crippen MR) is 59.1 cm³/mol. The summed E-state index contributed by atoms with van der Waals surface area (Å²) in [6.45, 7) is 0. The van der Waals surface area contributed by atoms with Gasteiger partial charge in [-0.15, -0.1) is 0 Å². The lowest BCUT2D eigenvalue weighted by Crippen LogP contribution is -2.41. The normalized spacial score (nSPS) is 13.9. The lowest BCUT2D eigenvalue weighted by Gasteiger charge is -2.20. The Morgan fingerprint density at radius 2 is 1.94 bits per heavy atom. The molecule has 0 aliphatic rings. The van der Waals surface area contributed by atoms with Crippen LogP contribution in [0, 0.1) is 0 Å². The minimum Gasteiger partial charge on any atom is -0.309 e. The molecule has 1 atom stereocenters. The quantitative estimate of drug-likeness (QED) is 0.884. The molecular weight excluding hydrogens is 262 g/mol. The fourth-order valence-corrected chi connectivity index (χ4v) is 1.70. The molecule has 0 saturated heterocycles. The lowest BCUT2D eigenvalue weighted by atomic mass is 10.1. The minimum atomic E-state index is -4.31. The standard InChI is InChI=1S/C10H10Cl2F3N/c1-16-8(10(13,14)15)5-6-3-2-4-7(11)9(6)12/h2-4,8,16H,5H2,1H3. The zero-order valence-corrected chi connectivity index (χ0v) is 9.92. The number of nitrogens with one attached hydrogen (secondary N) is 1. The maximum atomic E-state index is 12.5. The second-order valence-corrected chi connectivity index (χ2v) is 4.09. The largest absolute Gasteiger partial charge is 0.404 e. The zero-order valence-electron chi connectivity index (χ0n) is 8.41. The third-order valence-corrected chi connectivity index (χ3v) is 3.06. The molecule has 0 spiro atoms.